The average molecular weight is 148 g/mol. The number of hydrogen-bond donors (Lipinski definition) is 1. The molecule has 0 aromatic heterocycles. The zero-order valence-electron chi connectivity index (χ0n) is 6.00. The van der Waals surface area contributed by atoms with E-state index in [0.717, 1.165) is 13.0 Å². The Kier molecular flexibility index (Phi) is 5.75. The van der Waals surface area contributed by atoms with E-state index in [0.29, 0.717) is 6.54 Å². The standard InChI is InChI=1S/C5H12N2O3/c1-2-3-6-4-5-10-7(8)9/h6H,2-5H2,1H3. The molecule has 0 amide bonds. The largest absolute Gasteiger partial charge is 0.315 e. The Morgan fingerprint density at radius 3 is 2.80 bits per heavy atom. The molecular formula is C5H12N2O3. The molecule has 60 valence electrons. The van der Waals surface area contributed by atoms with Gasteiger partial charge in [0.25, 0.3) is 5.09 Å². The van der Waals surface area contributed by atoms with Gasteiger partial charge in [-0.25, -0.2) is 0 Å². The minimum absolute atomic E-state index is 0.132. The molecule has 0 aromatic rings. The number of nitrogens with zero attached hydrogens (tertiary/aromatic N) is 1. The summed E-state index contributed by atoms with van der Waals surface area (Å²) in [6.45, 7) is 3.57. The topological polar surface area (TPSA) is 64.4 Å². The van der Waals surface area contributed by atoms with Crippen molar-refractivity contribution in [2.24, 2.45) is 0 Å². The molecule has 5 nitrogen and oxygen atoms in total. The van der Waals surface area contributed by atoms with Crippen molar-refractivity contribution >= 4 is 0 Å². The first-order valence-electron chi connectivity index (χ1n) is 3.25. The van der Waals surface area contributed by atoms with Crippen LogP contribution >= 0.6 is 0 Å². The van der Waals surface area contributed by atoms with Crippen LogP contribution in [-0.4, -0.2) is 24.8 Å². The van der Waals surface area contributed by atoms with Crippen LogP contribution in [0.1, 0.15) is 13.3 Å². The van der Waals surface area contributed by atoms with Crippen molar-refractivity contribution in [1.29, 1.82) is 0 Å². The second-order valence-electron chi connectivity index (χ2n) is 1.81. The Balaban J connectivity index is 2.84. The third-order valence-electron chi connectivity index (χ3n) is 0.902. The quantitative estimate of drug-likeness (QED) is 0.332. The monoisotopic (exact) mass is 148 g/mol. The van der Waals surface area contributed by atoms with E-state index >= 15 is 0 Å². The normalized spacial score (nSPS) is 9.30. The maximum Gasteiger partial charge on any atom is 0.294 e. The van der Waals surface area contributed by atoms with Gasteiger partial charge in [-0.2, -0.15) is 0 Å². The highest BCUT2D eigenvalue weighted by Gasteiger charge is 1.91. The molecule has 1 N–H and O–H groups in total. The lowest BCUT2D eigenvalue weighted by Gasteiger charge is -1.99. The molecule has 0 atom stereocenters. The van der Waals surface area contributed by atoms with Crippen LogP contribution in [0.25, 0.3) is 0 Å². The summed E-state index contributed by atoms with van der Waals surface area (Å²) in [4.78, 5) is 13.6. The molecule has 0 aromatic carbocycles. The van der Waals surface area contributed by atoms with Gasteiger partial charge < -0.3 is 10.2 Å². The van der Waals surface area contributed by atoms with Gasteiger partial charge in [-0.1, -0.05) is 6.92 Å². The molecule has 0 fully saturated rings. The van der Waals surface area contributed by atoms with Crippen molar-refractivity contribution in [3.8, 4) is 0 Å². The van der Waals surface area contributed by atoms with Crippen molar-refractivity contribution in [3.05, 3.63) is 10.1 Å². The van der Waals surface area contributed by atoms with Gasteiger partial charge in [0.05, 0.1) is 0 Å². The summed E-state index contributed by atoms with van der Waals surface area (Å²) in [6, 6.07) is 0. The zero-order chi connectivity index (χ0) is 7.82. The van der Waals surface area contributed by atoms with Crippen LogP contribution in [0.2, 0.25) is 0 Å². The summed E-state index contributed by atoms with van der Waals surface area (Å²) < 4.78 is 0. The zero-order valence-corrected chi connectivity index (χ0v) is 6.00. The molecular weight excluding hydrogens is 136 g/mol. The van der Waals surface area contributed by atoms with Crippen LogP contribution in [0.4, 0.5) is 0 Å². The van der Waals surface area contributed by atoms with Crippen LogP contribution in [0.15, 0.2) is 0 Å². The predicted octanol–water partition coefficient (Wildman–Crippen LogP) is 0.194. The van der Waals surface area contributed by atoms with Crippen molar-refractivity contribution < 1.29 is 9.92 Å². The molecule has 0 rings (SSSR count). The van der Waals surface area contributed by atoms with E-state index in [9.17, 15) is 10.1 Å². The molecule has 0 radical (unpaired) electrons. The third kappa shape index (κ3) is 7.16. The highest BCUT2D eigenvalue weighted by molar-refractivity contribution is 4.40. The first-order valence-corrected chi connectivity index (χ1v) is 3.25. The highest BCUT2D eigenvalue weighted by Crippen LogP contribution is 1.73. The average Bonchev–Trinajstić information content (AvgIpc) is 1.87. The van der Waals surface area contributed by atoms with Crippen molar-refractivity contribution in [3.63, 3.8) is 0 Å². The predicted molar refractivity (Wildman–Crippen MR) is 36.1 cm³/mol. The van der Waals surface area contributed by atoms with E-state index in [1.807, 2.05) is 6.92 Å². The minimum atomic E-state index is -0.784. The number of rotatable bonds is 6. The van der Waals surface area contributed by atoms with Crippen molar-refractivity contribution in [2.75, 3.05) is 19.7 Å². The lowest BCUT2D eigenvalue weighted by Crippen LogP contribution is -2.21. The molecule has 0 aliphatic carbocycles. The first kappa shape index (κ1) is 9.16. The molecule has 0 bridgehead atoms. The van der Waals surface area contributed by atoms with Crippen LogP contribution in [0, 0.1) is 10.1 Å². The minimum Gasteiger partial charge on any atom is -0.315 e. The Hall–Kier alpha value is -0.840. The maximum atomic E-state index is 9.59. The summed E-state index contributed by atoms with van der Waals surface area (Å²) in [6.07, 6.45) is 1.03. The van der Waals surface area contributed by atoms with E-state index < -0.39 is 5.09 Å². The third-order valence-corrected chi connectivity index (χ3v) is 0.902. The lowest BCUT2D eigenvalue weighted by atomic mass is 10.5. The highest BCUT2D eigenvalue weighted by atomic mass is 16.9. The molecule has 0 heterocycles. The second-order valence-corrected chi connectivity index (χ2v) is 1.81. The fraction of sp³-hybridized carbons (Fsp3) is 1.00. The summed E-state index contributed by atoms with van der Waals surface area (Å²) in [7, 11) is 0. The Bertz CT molecular complexity index is 96.9. The molecule has 0 aliphatic rings. The van der Waals surface area contributed by atoms with Gasteiger partial charge >= 0.3 is 0 Å². The van der Waals surface area contributed by atoms with Crippen LogP contribution < -0.4 is 5.32 Å². The summed E-state index contributed by atoms with van der Waals surface area (Å²) in [5.74, 6) is 0. The van der Waals surface area contributed by atoms with Gasteiger partial charge in [0.15, 0.2) is 0 Å². The number of nitrogens with one attached hydrogen (secondary N) is 1. The van der Waals surface area contributed by atoms with Gasteiger partial charge in [0.1, 0.15) is 6.61 Å². The van der Waals surface area contributed by atoms with Gasteiger partial charge in [-0.15, -0.1) is 10.1 Å². The lowest BCUT2D eigenvalue weighted by molar-refractivity contribution is -0.757. The molecule has 0 unspecified atom stereocenters. The van der Waals surface area contributed by atoms with E-state index in [1.165, 1.54) is 0 Å². The van der Waals surface area contributed by atoms with E-state index in [1.54, 1.807) is 0 Å². The molecule has 0 spiro atoms. The fourth-order valence-corrected chi connectivity index (χ4v) is 0.494. The van der Waals surface area contributed by atoms with Crippen LogP contribution in [0.5, 0.6) is 0 Å². The van der Waals surface area contributed by atoms with Crippen LogP contribution in [-0.2, 0) is 4.84 Å². The smallest absolute Gasteiger partial charge is 0.294 e. The Morgan fingerprint density at radius 1 is 1.60 bits per heavy atom. The molecule has 5 heteroatoms. The summed E-state index contributed by atoms with van der Waals surface area (Å²) in [5, 5.41) is 11.8. The van der Waals surface area contributed by atoms with Crippen molar-refractivity contribution in [2.45, 2.75) is 13.3 Å². The fourth-order valence-electron chi connectivity index (χ4n) is 0.494. The molecule has 0 saturated carbocycles. The first-order chi connectivity index (χ1) is 4.77. The van der Waals surface area contributed by atoms with Crippen LogP contribution in [0.3, 0.4) is 0 Å². The number of hydrogen-bond acceptors (Lipinski definition) is 4. The molecule has 10 heavy (non-hydrogen) atoms. The van der Waals surface area contributed by atoms with E-state index in [4.69, 9.17) is 0 Å². The summed E-state index contributed by atoms with van der Waals surface area (Å²) >= 11 is 0. The SMILES string of the molecule is CCCNCCO[N+](=O)[O-]. The van der Waals surface area contributed by atoms with E-state index in [-0.39, 0.29) is 6.61 Å². The Labute approximate surface area is 59.5 Å². The van der Waals surface area contributed by atoms with E-state index in [2.05, 4.69) is 10.2 Å². The van der Waals surface area contributed by atoms with Gasteiger partial charge in [0.2, 0.25) is 0 Å². The molecule has 0 saturated heterocycles. The van der Waals surface area contributed by atoms with Gasteiger partial charge in [-0.05, 0) is 13.0 Å². The summed E-state index contributed by atoms with van der Waals surface area (Å²) in [5.41, 5.74) is 0. The Morgan fingerprint density at radius 2 is 2.30 bits per heavy atom. The van der Waals surface area contributed by atoms with Gasteiger partial charge in [-0.3, -0.25) is 0 Å². The molecule has 0 aliphatic heterocycles. The maximum absolute atomic E-state index is 9.59. The van der Waals surface area contributed by atoms with Crippen molar-refractivity contribution in [1.82, 2.24) is 5.32 Å². The van der Waals surface area contributed by atoms with Gasteiger partial charge in [0, 0.05) is 6.54 Å². The second kappa shape index (κ2) is 6.28.